The fourth-order valence-corrected chi connectivity index (χ4v) is 4.66. The lowest BCUT2D eigenvalue weighted by atomic mass is 10.2. The highest BCUT2D eigenvalue weighted by atomic mass is 35.5. The molecule has 3 N–H and O–H groups in total. The van der Waals surface area contributed by atoms with Gasteiger partial charge in [-0.1, -0.05) is 66.2 Å². The van der Waals surface area contributed by atoms with Crippen LogP contribution >= 0.6 is 34.8 Å². The number of para-hydroxylation sites is 1. The summed E-state index contributed by atoms with van der Waals surface area (Å²) in [7, 11) is 0. The summed E-state index contributed by atoms with van der Waals surface area (Å²) in [6.45, 7) is 13.2. The fourth-order valence-electron chi connectivity index (χ4n) is 4.04. The molecular formula is C28H30Cl3N5. The van der Waals surface area contributed by atoms with Crippen molar-refractivity contribution >= 4 is 51.9 Å². The molecule has 5 nitrogen and oxygen atoms in total. The molecular weight excluding hydrogens is 513 g/mol. The topological polar surface area (TPSA) is 42.6 Å². The first kappa shape index (κ1) is 26.2. The molecule has 1 saturated heterocycles. The third kappa shape index (κ3) is 7.11. The molecule has 3 aromatic rings. The maximum atomic E-state index is 6.28. The Balaban J connectivity index is 1.21. The third-order valence-corrected chi connectivity index (χ3v) is 6.91. The van der Waals surface area contributed by atoms with Gasteiger partial charge in [0.25, 0.3) is 0 Å². The summed E-state index contributed by atoms with van der Waals surface area (Å²) in [5.74, 6) is 0.799. The van der Waals surface area contributed by atoms with Gasteiger partial charge in [-0.05, 0) is 54.1 Å². The summed E-state index contributed by atoms with van der Waals surface area (Å²) in [6.07, 6.45) is 0. The van der Waals surface area contributed by atoms with Crippen LogP contribution in [0.4, 0.5) is 17.1 Å². The number of hydrogen-bond acceptors (Lipinski definition) is 5. The molecule has 1 heterocycles. The first-order valence-corrected chi connectivity index (χ1v) is 12.9. The summed E-state index contributed by atoms with van der Waals surface area (Å²) < 4.78 is 0. The van der Waals surface area contributed by atoms with E-state index in [1.54, 1.807) is 0 Å². The summed E-state index contributed by atoms with van der Waals surface area (Å²) in [4.78, 5) is 4.59. The second kappa shape index (κ2) is 12.4. The molecule has 1 aliphatic heterocycles. The predicted molar refractivity (Wildman–Crippen MR) is 155 cm³/mol. The van der Waals surface area contributed by atoms with Crippen molar-refractivity contribution in [1.29, 1.82) is 0 Å². The van der Waals surface area contributed by atoms with Crippen molar-refractivity contribution in [2.75, 3.05) is 48.3 Å². The Morgan fingerprint density at radius 2 is 1.42 bits per heavy atom. The average molecular weight is 543 g/mol. The first-order valence-electron chi connectivity index (χ1n) is 11.8. The molecule has 36 heavy (non-hydrogen) atoms. The molecule has 0 aromatic heterocycles. The third-order valence-electron chi connectivity index (χ3n) is 6.03. The Labute approximate surface area is 228 Å². The van der Waals surface area contributed by atoms with E-state index in [1.807, 2.05) is 42.5 Å². The zero-order valence-corrected chi connectivity index (χ0v) is 22.3. The maximum absolute atomic E-state index is 6.28. The molecule has 0 aliphatic carbocycles. The van der Waals surface area contributed by atoms with Crippen LogP contribution in [0.15, 0.2) is 91.4 Å². The molecule has 0 bridgehead atoms. The molecule has 0 amide bonds. The second-order valence-corrected chi connectivity index (χ2v) is 9.90. The van der Waals surface area contributed by atoms with Gasteiger partial charge in [0.15, 0.2) is 0 Å². The highest BCUT2D eigenvalue weighted by molar-refractivity contribution is 6.39. The Morgan fingerprint density at radius 1 is 0.778 bits per heavy atom. The van der Waals surface area contributed by atoms with E-state index in [0.717, 1.165) is 55.0 Å². The molecule has 0 atom stereocenters. The SMILES string of the molecule is C=C(CNCc1ccc(Cl)cc1)Nc1ccc(N2CCN(C(=C)Nc3c(Cl)cccc3Cl)CC2)cc1. The van der Waals surface area contributed by atoms with E-state index < -0.39 is 0 Å². The van der Waals surface area contributed by atoms with Crippen LogP contribution in [0.2, 0.25) is 15.1 Å². The van der Waals surface area contributed by atoms with E-state index >= 15 is 0 Å². The number of nitrogens with zero attached hydrogens (tertiary/aromatic N) is 2. The fraction of sp³-hybridized carbons (Fsp3) is 0.214. The van der Waals surface area contributed by atoms with Crippen molar-refractivity contribution in [3.05, 3.63) is 112 Å². The molecule has 0 radical (unpaired) electrons. The van der Waals surface area contributed by atoms with Gasteiger partial charge in [0.1, 0.15) is 0 Å². The largest absolute Gasteiger partial charge is 0.368 e. The summed E-state index contributed by atoms with van der Waals surface area (Å²) in [5, 5.41) is 12.0. The minimum Gasteiger partial charge on any atom is -0.368 e. The number of benzene rings is 3. The standard InChI is InChI=1S/C28H30Cl3N5/c1-20(18-32-19-22-6-8-23(29)9-7-22)33-24-10-12-25(13-11-24)36-16-14-35(15-17-36)21(2)34-28-26(30)4-3-5-27(28)31/h3-13,32-34H,1-2,14-19H2. The highest BCUT2D eigenvalue weighted by Gasteiger charge is 2.19. The van der Waals surface area contributed by atoms with E-state index in [9.17, 15) is 0 Å². The van der Waals surface area contributed by atoms with Crippen LogP contribution in [-0.2, 0) is 6.54 Å². The van der Waals surface area contributed by atoms with Gasteiger partial charge in [0.2, 0.25) is 0 Å². The van der Waals surface area contributed by atoms with Crippen molar-refractivity contribution in [3.63, 3.8) is 0 Å². The van der Waals surface area contributed by atoms with Crippen LogP contribution in [0.25, 0.3) is 0 Å². The number of hydrogen-bond donors (Lipinski definition) is 3. The lowest BCUT2D eigenvalue weighted by Crippen LogP contribution is -2.46. The Morgan fingerprint density at radius 3 is 2.06 bits per heavy atom. The molecule has 1 aliphatic rings. The van der Waals surface area contributed by atoms with Crippen molar-refractivity contribution in [3.8, 4) is 0 Å². The lowest BCUT2D eigenvalue weighted by molar-refractivity contribution is 0.326. The van der Waals surface area contributed by atoms with E-state index in [2.05, 4.69) is 63.2 Å². The second-order valence-electron chi connectivity index (χ2n) is 8.65. The van der Waals surface area contributed by atoms with Gasteiger partial charge in [-0.3, -0.25) is 0 Å². The zero-order chi connectivity index (χ0) is 25.5. The van der Waals surface area contributed by atoms with Crippen molar-refractivity contribution in [2.24, 2.45) is 0 Å². The normalized spacial score (nSPS) is 13.4. The Kier molecular flexibility index (Phi) is 9.05. The van der Waals surface area contributed by atoms with Gasteiger partial charge in [0, 0.05) is 61.4 Å². The molecule has 3 aromatic carbocycles. The van der Waals surface area contributed by atoms with E-state index in [0.29, 0.717) is 22.3 Å². The monoisotopic (exact) mass is 541 g/mol. The minimum atomic E-state index is 0.580. The zero-order valence-electron chi connectivity index (χ0n) is 20.0. The van der Waals surface area contributed by atoms with E-state index in [4.69, 9.17) is 34.8 Å². The number of halogens is 3. The molecule has 0 unspecified atom stereocenters. The highest BCUT2D eigenvalue weighted by Crippen LogP contribution is 2.31. The quantitative estimate of drug-likeness (QED) is 0.256. The van der Waals surface area contributed by atoms with Crippen molar-refractivity contribution < 1.29 is 0 Å². The van der Waals surface area contributed by atoms with E-state index in [-0.39, 0.29) is 0 Å². The number of piperazine rings is 1. The van der Waals surface area contributed by atoms with Gasteiger partial charge in [0.05, 0.1) is 21.6 Å². The van der Waals surface area contributed by atoms with Crippen LogP contribution < -0.4 is 20.9 Å². The number of rotatable bonds is 10. The number of anilines is 3. The summed E-state index contributed by atoms with van der Waals surface area (Å²) in [6, 6.07) is 21.8. The summed E-state index contributed by atoms with van der Waals surface area (Å²) >= 11 is 18.5. The van der Waals surface area contributed by atoms with Crippen LogP contribution in [0.3, 0.4) is 0 Å². The molecule has 4 rings (SSSR count). The minimum absolute atomic E-state index is 0.580. The van der Waals surface area contributed by atoms with Gasteiger partial charge in [-0.15, -0.1) is 0 Å². The van der Waals surface area contributed by atoms with Gasteiger partial charge >= 0.3 is 0 Å². The smallest absolute Gasteiger partial charge is 0.0985 e. The first-order chi connectivity index (χ1) is 17.4. The van der Waals surface area contributed by atoms with Crippen molar-refractivity contribution in [1.82, 2.24) is 10.2 Å². The lowest BCUT2D eigenvalue weighted by Gasteiger charge is -2.38. The summed E-state index contributed by atoms with van der Waals surface area (Å²) in [5.41, 5.74) is 5.00. The average Bonchev–Trinajstić information content (AvgIpc) is 2.88. The van der Waals surface area contributed by atoms with Gasteiger partial charge < -0.3 is 25.8 Å². The Hall–Kier alpha value is -2.83. The molecule has 1 fully saturated rings. The van der Waals surface area contributed by atoms with Crippen LogP contribution in [0.5, 0.6) is 0 Å². The molecule has 188 valence electrons. The van der Waals surface area contributed by atoms with Crippen LogP contribution in [0, 0.1) is 0 Å². The predicted octanol–water partition coefficient (Wildman–Crippen LogP) is 7.07. The number of nitrogens with one attached hydrogen (secondary N) is 3. The van der Waals surface area contributed by atoms with Crippen LogP contribution in [-0.4, -0.2) is 37.6 Å². The molecule has 8 heteroatoms. The van der Waals surface area contributed by atoms with Crippen molar-refractivity contribution in [2.45, 2.75) is 6.54 Å². The van der Waals surface area contributed by atoms with Crippen LogP contribution in [0.1, 0.15) is 5.56 Å². The van der Waals surface area contributed by atoms with Gasteiger partial charge in [-0.2, -0.15) is 0 Å². The molecule has 0 spiro atoms. The van der Waals surface area contributed by atoms with Gasteiger partial charge in [-0.25, -0.2) is 0 Å². The maximum Gasteiger partial charge on any atom is 0.0985 e. The van der Waals surface area contributed by atoms with E-state index in [1.165, 1.54) is 11.3 Å². The Bertz CT molecular complexity index is 1170. The molecule has 0 saturated carbocycles.